The van der Waals surface area contributed by atoms with E-state index < -0.39 is 0 Å². The number of methoxy groups -OCH3 is 2. The van der Waals surface area contributed by atoms with Crippen LogP contribution in [0.3, 0.4) is 0 Å². The molecule has 0 saturated carbocycles. The molecule has 0 bridgehead atoms. The van der Waals surface area contributed by atoms with Crippen molar-refractivity contribution in [2.45, 2.75) is 19.9 Å². The summed E-state index contributed by atoms with van der Waals surface area (Å²) in [5, 5.41) is 0. The highest BCUT2D eigenvalue weighted by molar-refractivity contribution is 9.10. The van der Waals surface area contributed by atoms with Gasteiger partial charge in [0.1, 0.15) is 0 Å². The number of hydrogen-bond acceptors (Lipinski definition) is 3. The molecule has 2 aromatic rings. The lowest BCUT2D eigenvalue weighted by atomic mass is 9.94. The summed E-state index contributed by atoms with van der Waals surface area (Å²) >= 11 is 3.55. The smallest absolute Gasteiger partial charge is 0.161 e. The van der Waals surface area contributed by atoms with Crippen LogP contribution in [0.2, 0.25) is 0 Å². The van der Waals surface area contributed by atoms with E-state index in [2.05, 4.69) is 41.9 Å². The monoisotopic (exact) mass is 349 g/mol. The van der Waals surface area contributed by atoms with Gasteiger partial charge in [0, 0.05) is 4.47 Å². The van der Waals surface area contributed by atoms with Crippen molar-refractivity contribution < 1.29 is 9.47 Å². The van der Waals surface area contributed by atoms with Crippen molar-refractivity contribution in [3.05, 3.63) is 57.1 Å². The first-order valence-electron chi connectivity index (χ1n) is 6.72. The Balaban J connectivity index is 2.45. The molecular formula is C17H20BrNO2. The summed E-state index contributed by atoms with van der Waals surface area (Å²) in [6, 6.07) is 9.82. The first-order valence-corrected chi connectivity index (χ1v) is 7.51. The molecule has 0 aliphatic heterocycles. The molecule has 21 heavy (non-hydrogen) atoms. The first kappa shape index (κ1) is 15.9. The molecule has 1 atom stereocenters. The Labute approximate surface area is 134 Å². The van der Waals surface area contributed by atoms with Crippen molar-refractivity contribution in [2.24, 2.45) is 5.73 Å². The summed E-state index contributed by atoms with van der Waals surface area (Å²) in [6.07, 6.45) is 0. The molecule has 0 saturated heterocycles. The van der Waals surface area contributed by atoms with E-state index in [1.807, 2.05) is 18.2 Å². The summed E-state index contributed by atoms with van der Waals surface area (Å²) in [7, 11) is 3.25. The number of aryl methyl sites for hydroxylation is 2. The Hall–Kier alpha value is -1.52. The second-order valence-electron chi connectivity index (χ2n) is 5.05. The van der Waals surface area contributed by atoms with Crippen LogP contribution in [0, 0.1) is 13.8 Å². The van der Waals surface area contributed by atoms with Crippen molar-refractivity contribution in [3.63, 3.8) is 0 Å². The second kappa shape index (κ2) is 6.50. The molecule has 4 heteroatoms. The third-order valence-electron chi connectivity index (χ3n) is 3.65. The van der Waals surface area contributed by atoms with Gasteiger partial charge in [-0.15, -0.1) is 0 Å². The molecule has 2 aromatic carbocycles. The van der Waals surface area contributed by atoms with Crippen LogP contribution in [-0.4, -0.2) is 14.2 Å². The molecule has 0 fully saturated rings. The zero-order valence-electron chi connectivity index (χ0n) is 12.7. The predicted octanol–water partition coefficient (Wildman–Crippen LogP) is 4.13. The highest BCUT2D eigenvalue weighted by atomic mass is 79.9. The van der Waals surface area contributed by atoms with E-state index in [0.717, 1.165) is 21.2 Å². The van der Waals surface area contributed by atoms with Crippen LogP contribution in [0.1, 0.15) is 28.3 Å². The molecular weight excluding hydrogens is 330 g/mol. The molecule has 0 aliphatic carbocycles. The lowest BCUT2D eigenvalue weighted by Crippen LogP contribution is -2.14. The average Bonchev–Trinajstić information content (AvgIpc) is 2.49. The topological polar surface area (TPSA) is 44.5 Å². The summed E-state index contributed by atoms with van der Waals surface area (Å²) in [5.41, 5.74) is 10.9. The van der Waals surface area contributed by atoms with Crippen LogP contribution >= 0.6 is 15.9 Å². The average molecular weight is 350 g/mol. The molecule has 0 spiro atoms. The summed E-state index contributed by atoms with van der Waals surface area (Å²) in [4.78, 5) is 0. The van der Waals surface area contributed by atoms with Crippen molar-refractivity contribution in [2.75, 3.05) is 14.2 Å². The maximum atomic E-state index is 6.44. The van der Waals surface area contributed by atoms with Crippen molar-refractivity contribution in [3.8, 4) is 11.5 Å². The fraction of sp³-hybridized carbons (Fsp3) is 0.294. The van der Waals surface area contributed by atoms with E-state index >= 15 is 0 Å². The minimum absolute atomic E-state index is 0.198. The van der Waals surface area contributed by atoms with Gasteiger partial charge in [0.15, 0.2) is 11.5 Å². The van der Waals surface area contributed by atoms with Gasteiger partial charge >= 0.3 is 0 Å². The Morgan fingerprint density at radius 3 is 2.24 bits per heavy atom. The number of rotatable bonds is 4. The van der Waals surface area contributed by atoms with Gasteiger partial charge in [-0.3, -0.25) is 0 Å². The van der Waals surface area contributed by atoms with Crippen LogP contribution in [0.15, 0.2) is 34.8 Å². The van der Waals surface area contributed by atoms with Crippen LogP contribution in [-0.2, 0) is 0 Å². The summed E-state index contributed by atoms with van der Waals surface area (Å²) < 4.78 is 11.7. The van der Waals surface area contributed by atoms with Gasteiger partial charge in [0.25, 0.3) is 0 Å². The molecule has 112 valence electrons. The summed E-state index contributed by atoms with van der Waals surface area (Å²) in [6.45, 7) is 4.13. The standard InChI is InChI=1S/C17H20BrNO2/c1-10-8-14(18)11(2)7-13(10)17(19)12-5-6-15(20-3)16(9-12)21-4/h5-9,17H,19H2,1-4H3. The number of hydrogen-bond donors (Lipinski definition) is 1. The van der Waals surface area contributed by atoms with Crippen molar-refractivity contribution >= 4 is 15.9 Å². The van der Waals surface area contributed by atoms with E-state index in [1.54, 1.807) is 14.2 Å². The van der Waals surface area contributed by atoms with Gasteiger partial charge in [0.2, 0.25) is 0 Å². The van der Waals surface area contributed by atoms with Crippen LogP contribution < -0.4 is 15.2 Å². The highest BCUT2D eigenvalue weighted by Gasteiger charge is 2.15. The van der Waals surface area contributed by atoms with Crippen molar-refractivity contribution in [1.82, 2.24) is 0 Å². The first-order chi connectivity index (χ1) is 9.97. The fourth-order valence-corrected chi connectivity index (χ4v) is 2.82. The Morgan fingerprint density at radius 2 is 1.62 bits per heavy atom. The zero-order chi connectivity index (χ0) is 15.6. The molecule has 2 N–H and O–H groups in total. The summed E-state index contributed by atoms with van der Waals surface area (Å²) in [5.74, 6) is 1.40. The van der Waals surface area contributed by atoms with Gasteiger partial charge in [0.05, 0.1) is 20.3 Å². The molecule has 2 rings (SSSR count). The van der Waals surface area contributed by atoms with E-state index in [-0.39, 0.29) is 6.04 Å². The Morgan fingerprint density at radius 1 is 0.952 bits per heavy atom. The van der Waals surface area contributed by atoms with Crippen molar-refractivity contribution in [1.29, 1.82) is 0 Å². The molecule has 0 aliphatic rings. The maximum absolute atomic E-state index is 6.44. The highest BCUT2D eigenvalue weighted by Crippen LogP contribution is 2.33. The molecule has 1 unspecified atom stereocenters. The van der Waals surface area contributed by atoms with E-state index in [0.29, 0.717) is 11.5 Å². The third-order valence-corrected chi connectivity index (χ3v) is 4.50. The number of ether oxygens (including phenoxy) is 2. The SMILES string of the molecule is COc1ccc(C(N)c2cc(C)c(Br)cc2C)cc1OC. The number of benzene rings is 2. The Bertz CT molecular complexity index is 655. The predicted molar refractivity (Wildman–Crippen MR) is 89.2 cm³/mol. The fourth-order valence-electron chi connectivity index (χ4n) is 2.36. The van der Waals surface area contributed by atoms with Gasteiger partial charge in [-0.2, -0.15) is 0 Å². The van der Waals surface area contributed by atoms with E-state index in [4.69, 9.17) is 15.2 Å². The van der Waals surface area contributed by atoms with Gasteiger partial charge in [-0.25, -0.2) is 0 Å². The molecule has 0 amide bonds. The van der Waals surface area contributed by atoms with E-state index in [1.165, 1.54) is 5.56 Å². The van der Waals surface area contributed by atoms with Crippen LogP contribution in [0.25, 0.3) is 0 Å². The lowest BCUT2D eigenvalue weighted by molar-refractivity contribution is 0.354. The minimum atomic E-state index is -0.198. The van der Waals surface area contributed by atoms with Crippen LogP contribution in [0.4, 0.5) is 0 Å². The quantitative estimate of drug-likeness (QED) is 0.902. The second-order valence-corrected chi connectivity index (χ2v) is 5.90. The third kappa shape index (κ3) is 3.22. The largest absolute Gasteiger partial charge is 0.493 e. The van der Waals surface area contributed by atoms with Gasteiger partial charge < -0.3 is 15.2 Å². The van der Waals surface area contributed by atoms with Gasteiger partial charge in [-0.1, -0.05) is 28.1 Å². The number of halogens is 1. The van der Waals surface area contributed by atoms with E-state index in [9.17, 15) is 0 Å². The zero-order valence-corrected chi connectivity index (χ0v) is 14.3. The maximum Gasteiger partial charge on any atom is 0.161 e. The molecule has 3 nitrogen and oxygen atoms in total. The Kier molecular flexibility index (Phi) is 4.91. The molecule has 0 heterocycles. The lowest BCUT2D eigenvalue weighted by Gasteiger charge is -2.18. The molecule has 0 aromatic heterocycles. The van der Waals surface area contributed by atoms with Crippen LogP contribution in [0.5, 0.6) is 11.5 Å². The minimum Gasteiger partial charge on any atom is -0.493 e. The van der Waals surface area contributed by atoms with Gasteiger partial charge in [-0.05, 0) is 54.3 Å². The normalized spacial score (nSPS) is 12.1. The molecule has 0 radical (unpaired) electrons. The number of nitrogens with two attached hydrogens (primary N) is 1.